The predicted octanol–water partition coefficient (Wildman–Crippen LogP) is 2.74. The van der Waals surface area contributed by atoms with Crippen LogP contribution in [0.1, 0.15) is 37.7 Å². The normalized spacial score (nSPS) is 23.7. The Hall–Kier alpha value is -1.37. The second-order valence-electron chi connectivity index (χ2n) is 5.67. The van der Waals surface area contributed by atoms with Gasteiger partial charge in [-0.05, 0) is 37.4 Å². The van der Waals surface area contributed by atoms with Gasteiger partial charge in [0.2, 0.25) is 0 Å². The van der Waals surface area contributed by atoms with Crippen LogP contribution < -0.4 is 5.73 Å². The van der Waals surface area contributed by atoms with Crippen molar-refractivity contribution in [3.05, 3.63) is 35.9 Å². The topological polar surface area (TPSA) is 53.0 Å². The average Bonchev–Trinajstić information content (AvgIpc) is 2.98. The number of benzene rings is 1. The van der Waals surface area contributed by atoms with Crippen LogP contribution in [0.2, 0.25) is 0 Å². The van der Waals surface area contributed by atoms with Crippen molar-refractivity contribution in [2.75, 3.05) is 19.6 Å². The fraction of sp³-hybridized carbons (Fsp3) is 0.588. The summed E-state index contributed by atoms with van der Waals surface area (Å²) in [5, 5.41) is 9.49. The summed E-state index contributed by atoms with van der Waals surface area (Å²) in [5.41, 5.74) is 7.02. The Morgan fingerprint density at radius 2 is 2.10 bits per heavy atom. The second kappa shape index (κ2) is 7.42. The molecule has 3 heteroatoms. The lowest BCUT2D eigenvalue weighted by Gasteiger charge is -2.33. The first-order valence-corrected chi connectivity index (χ1v) is 7.68. The molecular weight excluding hydrogens is 246 g/mol. The minimum absolute atomic E-state index is 0.0461. The summed E-state index contributed by atoms with van der Waals surface area (Å²) in [7, 11) is 0. The zero-order valence-corrected chi connectivity index (χ0v) is 12.3. The lowest BCUT2D eigenvalue weighted by Crippen LogP contribution is -2.42. The number of likely N-dealkylation sites (N-methyl/N-ethyl adjacent to an activating group) is 1. The molecule has 0 saturated heterocycles. The van der Waals surface area contributed by atoms with E-state index in [2.05, 4.69) is 30.0 Å². The number of rotatable bonds is 6. The first kappa shape index (κ1) is 15.0. The molecule has 0 aliphatic heterocycles. The van der Waals surface area contributed by atoms with Crippen molar-refractivity contribution in [1.82, 2.24) is 4.90 Å². The van der Waals surface area contributed by atoms with Gasteiger partial charge in [-0.15, -0.1) is 0 Å². The summed E-state index contributed by atoms with van der Waals surface area (Å²) < 4.78 is 0. The van der Waals surface area contributed by atoms with E-state index in [1.54, 1.807) is 0 Å². The van der Waals surface area contributed by atoms with E-state index in [0.29, 0.717) is 12.0 Å². The molecule has 3 unspecified atom stereocenters. The third-order valence-electron chi connectivity index (χ3n) is 4.57. The molecule has 20 heavy (non-hydrogen) atoms. The molecule has 1 saturated carbocycles. The third kappa shape index (κ3) is 3.39. The lowest BCUT2D eigenvalue weighted by molar-refractivity contribution is 0.167. The van der Waals surface area contributed by atoms with Gasteiger partial charge < -0.3 is 5.73 Å². The minimum atomic E-state index is -0.0461. The number of hydrogen-bond acceptors (Lipinski definition) is 3. The van der Waals surface area contributed by atoms with Crippen molar-refractivity contribution >= 4 is 0 Å². The maximum atomic E-state index is 9.49. The minimum Gasteiger partial charge on any atom is -0.330 e. The Bertz CT molecular complexity index is 437. The molecule has 0 amide bonds. The van der Waals surface area contributed by atoms with Crippen molar-refractivity contribution in [2.45, 2.75) is 38.1 Å². The van der Waals surface area contributed by atoms with E-state index < -0.39 is 0 Å². The van der Waals surface area contributed by atoms with Crippen molar-refractivity contribution in [3.63, 3.8) is 0 Å². The van der Waals surface area contributed by atoms with Gasteiger partial charge in [-0.25, -0.2) is 0 Å². The van der Waals surface area contributed by atoms with Crippen LogP contribution >= 0.6 is 0 Å². The molecule has 0 bridgehead atoms. The first-order chi connectivity index (χ1) is 9.80. The van der Waals surface area contributed by atoms with Gasteiger partial charge in [-0.2, -0.15) is 5.26 Å². The maximum Gasteiger partial charge on any atom is 0.0839 e. The molecule has 108 valence electrons. The van der Waals surface area contributed by atoms with Gasteiger partial charge >= 0.3 is 0 Å². The fourth-order valence-electron chi connectivity index (χ4n) is 3.41. The van der Waals surface area contributed by atoms with Crippen LogP contribution in [-0.4, -0.2) is 30.6 Å². The summed E-state index contributed by atoms with van der Waals surface area (Å²) in [6.45, 7) is 4.76. The van der Waals surface area contributed by atoms with Gasteiger partial charge in [-0.3, -0.25) is 4.90 Å². The SMILES string of the molecule is CCN(CC(C#N)c1ccccc1)C1CCCC1CN. The van der Waals surface area contributed by atoms with Gasteiger partial charge in [0, 0.05) is 12.6 Å². The molecule has 1 aliphatic rings. The highest BCUT2D eigenvalue weighted by atomic mass is 15.2. The van der Waals surface area contributed by atoms with Crippen LogP contribution in [-0.2, 0) is 0 Å². The van der Waals surface area contributed by atoms with Crippen molar-refractivity contribution in [2.24, 2.45) is 11.7 Å². The van der Waals surface area contributed by atoms with Gasteiger partial charge in [0.1, 0.15) is 0 Å². The number of nitrogens with zero attached hydrogens (tertiary/aromatic N) is 2. The van der Waals surface area contributed by atoms with Gasteiger partial charge in [0.05, 0.1) is 12.0 Å². The van der Waals surface area contributed by atoms with Crippen LogP contribution in [0.25, 0.3) is 0 Å². The van der Waals surface area contributed by atoms with Crippen LogP contribution in [0.4, 0.5) is 0 Å². The highest BCUT2D eigenvalue weighted by Crippen LogP contribution is 2.30. The Morgan fingerprint density at radius 1 is 1.35 bits per heavy atom. The molecule has 0 aromatic heterocycles. The molecule has 3 nitrogen and oxygen atoms in total. The van der Waals surface area contributed by atoms with Crippen molar-refractivity contribution in [3.8, 4) is 6.07 Å². The Kier molecular flexibility index (Phi) is 5.58. The van der Waals surface area contributed by atoms with E-state index in [9.17, 15) is 5.26 Å². The van der Waals surface area contributed by atoms with Crippen LogP contribution in [0.5, 0.6) is 0 Å². The van der Waals surface area contributed by atoms with Gasteiger partial charge in [-0.1, -0.05) is 43.7 Å². The summed E-state index contributed by atoms with van der Waals surface area (Å²) in [4.78, 5) is 2.46. The molecule has 1 aromatic carbocycles. The summed E-state index contributed by atoms with van der Waals surface area (Å²) in [5.74, 6) is 0.556. The van der Waals surface area contributed by atoms with E-state index in [-0.39, 0.29) is 5.92 Å². The molecule has 3 atom stereocenters. The molecule has 1 aromatic rings. The van der Waals surface area contributed by atoms with Crippen molar-refractivity contribution in [1.29, 1.82) is 5.26 Å². The number of hydrogen-bond donors (Lipinski definition) is 1. The van der Waals surface area contributed by atoms with Crippen LogP contribution in [0.3, 0.4) is 0 Å². The second-order valence-corrected chi connectivity index (χ2v) is 5.67. The predicted molar refractivity (Wildman–Crippen MR) is 82.2 cm³/mol. The smallest absolute Gasteiger partial charge is 0.0839 e. The van der Waals surface area contributed by atoms with E-state index in [0.717, 1.165) is 25.2 Å². The van der Waals surface area contributed by atoms with Gasteiger partial charge in [0.25, 0.3) is 0 Å². The molecular formula is C17H25N3. The molecule has 2 rings (SSSR count). The number of nitriles is 1. The lowest BCUT2D eigenvalue weighted by atomic mass is 9.97. The summed E-state index contributed by atoms with van der Waals surface area (Å²) >= 11 is 0. The molecule has 0 spiro atoms. The summed E-state index contributed by atoms with van der Waals surface area (Å²) in [6.07, 6.45) is 3.73. The van der Waals surface area contributed by atoms with Crippen LogP contribution in [0, 0.1) is 17.2 Å². The van der Waals surface area contributed by atoms with Crippen molar-refractivity contribution < 1.29 is 0 Å². The standard InChI is InChI=1S/C17H25N3/c1-2-20(17-10-6-9-15(17)11-18)13-16(12-19)14-7-4-3-5-8-14/h3-5,7-8,15-17H,2,6,9-11,13,18H2,1H3. The maximum absolute atomic E-state index is 9.49. The Balaban J connectivity index is 2.07. The molecule has 1 fully saturated rings. The molecule has 2 N–H and O–H groups in total. The monoisotopic (exact) mass is 271 g/mol. The zero-order chi connectivity index (χ0) is 14.4. The Morgan fingerprint density at radius 3 is 2.70 bits per heavy atom. The highest BCUT2D eigenvalue weighted by molar-refractivity contribution is 5.25. The molecule has 1 aliphatic carbocycles. The van der Waals surface area contributed by atoms with E-state index >= 15 is 0 Å². The van der Waals surface area contributed by atoms with E-state index in [4.69, 9.17) is 5.73 Å². The van der Waals surface area contributed by atoms with E-state index in [1.807, 2.05) is 18.2 Å². The first-order valence-electron chi connectivity index (χ1n) is 7.68. The van der Waals surface area contributed by atoms with Crippen LogP contribution in [0.15, 0.2) is 30.3 Å². The zero-order valence-electron chi connectivity index (χ0n) is 12.3. The number of nitrogens with two attached hydrogens (primary N) is 1. The van der Waals surface area contributed by atoms with E-state index in [1.165, 1.54) is 19.3 Å². The molecule has 0 heterocycles. The largest absolute Gasteiger partial charge is 0.330 e. The quantitative estimate of drug-likeness (QED) is 0.865. The Labute approximate surface area is 122 Å². The van der Waals surface area contributed by atoms with Gasteiger partial charge in [0.15, 0.2) is 0 Å². The average molecular weight is 271 g/mol. The third-order valence-corrected chi connectivity index (χ3v) is 4.57. The fourth-order valence-corrected chi connectivity index (χ4v) is 3.41. The molecule has 0 radical (unpaired) electrons. The highest BCUT2D eigenvalue weighted by Gasteiger charge is 2.31. The summed E-state index contributed by atoms with van der Waals surface area (Å²) in [6, 6.07) is 13.1.